The molecule has 160 valence electrons. The van der Waals surface area contributed by atoms with Crippen molar-refractivity contribution in [2.75, 3.05) is 6.61 Å². The van der Waals surface area contributed by atoms with Gasteiger partial charge in [0.1, 0.15) is 5.75 Å². The van der Waals surface area contributed by atoms with E-state index in [9.17, 15) is 0 Å². The summed E-state index contributed by atoms with van der Waals surface area (Å²) in [6, 6.07) is 17.7. The van der Waals surface area contributed by atoms with Gasteiger partial charge in [-0.05, 0) is 86.3 Å². The lowest BCUT2D eigenvalue weighted by molar-refractivity contribution is 0.306. The third kappa shape index (κ3) is 7.24. The van der Waals surface area contributed by atoms with E-state index in [1.165, 1.54) is 68.9 Å². The molecule has 1 heteroatoms. The molecule has 0 heterocycles. The van der Waals surface area contributed by atoms with E-state index in [4.69, 9.17) is 4.74 Å². The maximum Gasteiger partial charge on any atom is 0.119 e. The van der Waals surface area contributed by atoms with Gasteiger partial charge in [-0.1, -0.05) is 69.2 Å². The van der Waals surface area contributed by atoms with E-state index >= 15 is 0 Å². The molecule has 30 heavy (non-hydrogen) atoms. The lowest BCUT2D eigenvalue weighted by Crippen LogP contribution is -2.12. The molecule has 0 N–H and O–H groups in total. The molecule has 1 aliphatic carbocycles. The fraction of sp³-hybridized carbons (Fsp3) is 0.517. The highest BCUT2D eigenvalue weighted by Crippen LogP contribution is 2.36. The second-order valence-corrected chi connectivity index (χ2v) is 8.74. The Kier molecular flexibility index (Phi) is 9.36. The van der Waals surface area contributed by atoms with E-state index in [0.29, 0.717) is 11.8 Å². The van der Waals surface area contributed by atoms with Crippen LogP contribution < -0.4 is 4.74 Å². The zero-order valence-electron chi connectivity index (χ0n) is 19.0. The summed E-state index contributed by atoms with van der Waals surface area (Å²) in [6.45, 7) is 5.30. The van der Waals surface area contributed by atoms with Crippen LogP contribution in [0.15, 0.2) is 48.5 Å². The van der Waals surface area contributed by atoms with Crippen molar-refractivity contribution in [1.82, 2.24) is 0 Å². The number of unbranched alkanes of at least 4 members (excludes halogenated alkanes) is 3. The van der Waals surface area contributed by atoms with E-state index in [2.05, 4.69) is 74.2 Å². The third-order valence-corrected chi connectivity index (χ3v) is 6.29. The van der Waals surface area contributed by atoms with Crippen molar-refractivity contribution in [1.29, 1.82) is 0 Å². The topological polar surface area (TPSA) is 9.23 Å². The second-order valence-electron chi connectivity index (χ2n) is 8.74. The van der Waals surface area contributed by atoms with Crippen molar-refractivity contribution >= 4 is 0 Å². The van der Waals surface area contributed by atoms with Crippen molar-refractivity contribution in [3.8, 4) is 17.6 Å². The molecule has 0 atom stereocenters. The van der Waals surface area contributed by atoms with Gasteiger partial charge in [0.15, 0.2) is 0 Å². The monoisotopic (exact) mass is 402 g/mol. The number of rotatable bonds is 9. The summed E-state index contributed by atoms with van der Waals surface area (Å²) >= 11 is 0. The summed E-state index contributed by atoms with van der Waals surface area (Å²) in [5, 5.41) is 0. The molecular weight excluding hydrogens is 364 g/mol. The normalized spacial score (nSPS) is 18.5. The molecule has 0 saturated heterocycles. The highest BCUT2D eigenvalue weighted by Gasteiger charge is 2.21. The molecule has 1 fully saturated rings. The van der Waals surface area contributed by atoms with Crippen LogP contribution in [0, 0.1) is 17.8 Å². The lowest BCUT2D eigenvalue weighted by atomic mass is 9.79. The van der Waals surface area contributed by atoms with Crippen LogP contribution in [0.3, 0.4) is 0 Å². The maximum absolute atomic E-state index is 5.85. The molecule has 0 unspecified atom stereocenters. The summed E-state index contributed by atoms with van der Waals surface area (Å²) in [7, 11) is 0. The van der Waals surface area contributed by atoms with Gasteiger partial charge in [-0.2, -0.15) is 0 Å². The first-order chi connectivity index (χ1) is 14.8. The predicted molar refractivity (Wildman–Crippen MR) is 128 cm³/mol. The lowest BCUT2D eigenvalue weighted by Gasteiger charge is -2.26. The van der Waals surface area contributed by atoms with Crippen LogP contribution in [0.4, 0.5) is 0 Å². The standard InChI is InChI=1S/C29H38O/c1-3-5-7-23-30-29-21-19-28(20-22-29)27-17-15-26(16-18-27)14-13-25-11-9-24(10-12-25)8-6-4-2/h9-12,19-22,26-27H,3-8,15-18,23H2,1-2H3/t26-,27-. The number of aryl methyl sites for hydroxylation is 1. The van der Waals surface area contributed by atoms with Crippen LogP contribution in [0.1, 0.15) is 94.2 Å². The third-order valence-electron chi connectivity index (χ3n) is 6.29. The van der Waals surface area contributed by atoms with Crippen molar-refractivity contribution in [2.45, 2.75) is 84.0 Å². The highest BCUT2D eigenvalue weighted by atomic mass is 16.5. The van der Waals surface area contributed by atoms with Crippen molar-refractivity contribution < 1.29 is 4.74 Å². The Labute approximate surface area is 184 Å². The van der Waals surface area contributed by atoms with E-state index < -0.39 is 0 Å². The fourth-order valence-electron chi connectivity index (χ4n) is 4.27. The minimum atomic E-state index is 0.544. The van der Waals surface area contributed by atoms with Gasteiger partial charge < -0.3 is 4.74 Å². The highest BCUT2D eigenvalue weighted by molar-refractivity contribution is 5.37. The molecular formula is C29H38O. The van der Waals surface area contributed by atoms with Crippen LogP contribution in [-0.4, -0.2) is 6.61 Å². The predicted octanol–water partition coefficient (Wildman–Crippen LogP) is 7.92. The summed E-state index contributed by atoms with van der Waals surface area (Å²) in [6.07, 6.45) is 12.2. The summed E-state index contributed by atoms with van der Waals surface area (Å²) in [5.74, 6) is 9.20. The Morgan fingerprint density at radius 2 is 1.50 bits per heavy atom. The van der Waals surface area contributed by atoms with Gasteiger partial charge >= 0.3 is 0 Å². The molecule has 0 radical (unpaired) electrons. The van der Waals surface area contributed by atoms with Crippen LogP contribution >= 0.6 is 0 Å². The Balaban J connectivity index is 1.44. The first-order valence-electron chi connectivity index (χ1n) is 12.1. The Morgan fingerprint density at radius 1 is 0.800 bits per heavy atom. The van der Waals surface area contributed by atoms with Gasteiger partial charge in [-0.3, -0.25) is 0 Å². The van der Waals surface area contributed by atoms with Crippen molar-refractivity contribution in [3.63, 3.8) is 0 Å². The molecule has 1 aliphatic rings. The molecule has 1 nitrogen and oxygen atoms in total. The van der Waals surface area contributed by atoms with Gasteiger partial charge in [0, 0.05) is 11.5 Å². The molecule has 2 aromatic rings. The molecule has 3 rings (SSSR count). The average molecular weight is 403 g/mol. The molecule has 0 aromatic heterocycles. The zero-order valence-corrected chi connectivity index (χ0v) is 19.0. The van der Waals surface area contributed by atoms with Crippen molar-refractivity contribution in [3.05, 3.63) is 65.2 Å². The number of ether oxygens (including phenoxy) is 1. The van der Waals surface area contributed by atoms with E-state index in [0.717, 1.165) is 24.3 Å². The van der Waals surface area contributed by atoms with E-state index in [-0.39, 0.29) is 0 Å². The number of hydrogen-bond donors (Lipinski definition) is 0. The van der Waals surface area contributed by atoms with Gasteiger partial charge in [0.2, 0.25) is 0 Å². The molecule has 2 aromatic carbocycles. The molecule has 0 amide bonds. The van der Waals surface area contributed by atoms with Crippen LogP contribution in [0.5, 0.6) is 5.75 Å². The minimum Gasteiger partial charge on any atom is -0.494 e. The first-order valence-corrected chi connectivity index (χ1v) is 12.1. The Bertz CT molecular complexity index is 783. The average Bonchev–Trinajstić information content (AvgIpc) is 2.81. The zero-order chi connectivity index (χ0) is 21.0. The molecule has 0 aliphatic heterocycles. The van der Waals surface area contributed by atoms with E-state index in [1.807, 2.05) is 0 Å². The van der Waals surface area contributed by atoms with E-state index in [1.54, 1.807) is 0 Å². The van der Waals surface area contributed by atoms with Gasteiger partial charge in [-0.25, -0.2) is 0 Å². The fourth-order valence-corrected chi connectivity index (χ4v) is 4.27. The summed E-state index contributed by atoms with van der Waals surface area (Å²) < 4.78 is 5.85. The summed E-state index contributed by atoms with van der Waals surface area (Å²) in [5.41, 5.74) is 4.05. The van der Waals surface area contributed by atoms with Gasteiger partial charge in [0.25, 0.3) is 0 Å². The Hall–Kier alpha value is -2.20. The van der Waals surface area contributed by atoms with Crippen molar-refractivity contribution in [2.24, 2.45) is 5.92 Å². The largest absolute Gasteiger partial charge is 0.494 e. The van der Waals surface area contributed by atoms with Crippen LogP contribution in [0.2, 0.25) is 0 Å². The second kappa shape index (κ2) is 12.5. The number of benzene rings is 2. The number of hydrogen-bond acceptors (Lipinski definition) is 1. The van der Waals surface area contributed by atoms with Crippen LogP contribution in [0.25, 0.3) is 0 Å². The summed E-state index contributed by atoms with van der Waals surface area (Å²) in [4.78, 5) is 0. The smallest absolute Gasteiger partial charge is 0.119 e. The van der Waals surface area contributed by atoms with Crippen LogP contribution in [-0.2, 0) is 6.42 Å². The molecule has 0 spiro atoms. The SMILES string of the molecule is CCCCCOc1ccc([C@H]2CC[C@H](C#Cc3ccc(CCCC)cc3)CC2)cc1. The Morgan fingerprint density at radius 3 is 2.17 bits per heavy atom. The minimum absolute atomic E-state index is 0.544. The first kappa shape index (κ1) is 22.5. The molecule has 1 saturated carbocycles. The quantitative estimate of drug-likeness (QED) is 0.306. The molecule has 0 bridgehead atoms. The maximum atomic E-state index is 5.85. The van der Waals surface area contributed by atoms with Gasteiger partial charge in [0.05, 0.1) is 6.61 Å². The van der Waals surface area contributed by atoms with Gasteiger partial charge in [-0.15, -0.1) is 0 Å².